The Kier molecular flexibility index (Phi) is 1.80. The number of carboxylic acid groups (broad SMARTS) is 1. The summed E-state index contributed by atoms with van der Waals surface area (Å²) in [5, 5.41) is 10.5. The molecule has 1 aliphatic rings. The van der Waals surface area contributed by atoms with Gasteiger partial charge in [-0.25, -0.2) is 4.79 Å². The van der Waals surface area contributed by atoms with Gasteiger partial charge >= 0.3 is 6.09 Å². The molecule has 0 atom stereocenters. The number of carbonyl (C=O) groups is 1. The first-order valence-electron chi connectivity index (χ1n) is 3.20. The normalized spacial score (nSPS) is 20.1. The van der Waals surface area contributed by atoms with E-state index in [1.165, 1.54) is 0 Å². The van der Waals surface area contributed by atoms with Crippen LogP contribution in [-0.4, -0.2) is 30.5 Å². The lowest BCUT2D eigenvalue weighted by Gasteiger charge is -2.11. The van der Waals surface area contributed by atoms with Crippen molar-refractivity contribution in [3.63, 3.8) is 0 Å². The molecule has 0 unspecified atom stereocenters. The molecule has 1 saturated carbocycles. The number of hydrogen-bond acceptors (Lipinski definition) is 2. The first-order valence-corrected chi connectivity index (χ1v) is 3.20. The average Bonchev–Trinajstić information content (AvgIpc) is 2.64. The van der Waals surface area contributed by atoms with Crippen molar-refractivity contribution in [1.82, 2.24) is 5.32 Å². The summed E-state index contributed by atoms with van der Waals surface area (Å²) in [5.74, 6) is 0. The van der Waals surface area contributed by atoms with Crippen molar-refractivity contribution in [2.75, 3.05) is 13.7 Å². The molecule has 0 radical (unpaired) electrons. The summed E-state index contributed by atoms with van der Waals surface area (Å²) in [5.41, 5.74) is -0.168. The Hall–Kier alpha value is -0.770. The van der Waals surface area contributed by atoms with E-state index in [2.05, 4.69) is 5.32 Å². The molecule has 58 valence electrons. The minimum absolute atomic E-state index is 0.168. The van der Waals surface area contributed by atoms with E-state index in [4.69, 9.17) is 9.84 Å². The van der Waals surface area contributed by atoms with Gasteiger partial charge in [0.15, 0.2) is 0 Å². The molecule has 0 heterocycles. The fraction of sp³-hybridized carbons (Fsp3) is 0.833. The largest absolute Gasteiger partial charge is 0.465 e. The minimum atomic E-state index is -0.983. The van der Waals surface area contributed by atoms with Gasteiger partial charge in [-0.3, -0.25) is 0 Å². The van der Waals surface area contributed by atoms with Crippen molar-refractivity contribution in [3.8, 4) is 0 Å². The van der Waals surface area contributed by atoms with Gasteiger partial charge in [0.05, 0.1) is 5.60 Å². The molecule has 4 heteroatoms. The molecule has 0 bridgehead atoms. The Morgan fingerprint density at radius 1 is 1.80 bits per heavy atom. The number of nitrogens with one attached hydrogen (secondary N) is 1. The SMILES string of the molecule is COC1(CNC(=O)O)CC1. The van der Waals surface area contributed by atoms with Gasteiger partial charge in [-0.05, 0) is 12.8 Å². The lowest BCUT2D eigenvalue weighted by Crippen LogP contribution is -2.33. The Balaban J connectivity index is 2.19. The van der Waals surface area contributed by atoms with Crippen LogP contribution in [0.4, 0.5) is 4.79 Å². The molecule has 10 heavy (non-hydrogen) atoms. The maximum Gasteiger partial charge on any atom is 0.404 e. The average molecular weight is 145 g/mol. The Morgan fingerprint density at radius 3 is 2.70 bits per heavy atom. The van der Waals surface area contributed by atoms with Crippen LogP contribution in [0.25, 0.3) is 0 Å². The van der Waals surface area contributed by atoms with E-state index in [1.54, 1.807) is 7.11 Å². The third kappa shape index (κ3) is 1.60. The number of amides is 1. The number of methoxy groups -OCH3 is 1. The molecule has 1 amide bonds. The highest BCUT2D eigenvalue weighted by atomic mass is 16.5. The number of hydrogen-bond donors (Lipinski definition) is 2. The molecule has 1 aliphatic carbocycles. The quantitative estimate of drug-likeness (QED) is 0.605. The lowest BCUT2D eigenvalue weighted by atomic mass is 10.3. The summed E-state index contributed by atoms with van der Waals surface area (Å²) >= 11 is 0. The standard InChI is InChI=1S/C6H11NO3/c1-10-6(2-3-6)4-7-5(8)9/h7H,2-4H2,1H3,(H,8,9). The van der Waals surface area contributed by atoms with Crippen LogP contribution < -0.4 is 5.32 Å². The van der Waals surface area contributed by atoms with Crippen molar-refractivity contribution in [1.29, 1.82) is 0 Å². The van der Waals surface area contributed by atoms with Crippen molar-refractivity contribution < 1.29 is 14.6 Å². The zero-order valence-electron chi connectivity index (χ0n) is 5.89. The zero-order chi connectivity index (χ0) is 7.61. The Morgan fingerprint density at radius 2 is 2.40 bits per heavy atom. The van der Waals surface area contributed by atoms with Crippen LogP contribution in [0.3, 0.4) is 0 Å². The van der Waals surface area contributed by atoms with Gasteiger partial charge in [-0.1, -0.05) is 0 Å². The predicted molar refractivity (Wildman–Crippen MR) is 35.0 cm³/mol. The maximum absolute atomic E-state index is 10.0. The van der Waals surface area contributed by atoms with Gasteiger partial charge in [0.2, 0.25) is 0 Å². The molecular formula is C6H11NO3. The number of ether oxygens (including phenoxy) is 1. The molecule has 0 saturated heterocycles. The van der Waals surface area contributed by atoms with E-state index >= 15 is 0 Å². The molecule has 2 N–H and O–H groups in total. The second kappa shape index (κ2) is 2.46. The molecular weight excluding hydrogens is 134 g/mol. The number of rotatable bonds is 3. The summed E-state index contributed by atoms with van der Waals surface area (Å²) in [6, 6.07) is 0. The van der Waals surface area contributed by atoms with Gasteiger partial charge in [0, 0.05) is 13.7 Å². The van der Waals surface area contributed by atoms with Gasteiger partial charge in [-0.15, -0.1) is 0 Å². The van der Waals surface area contributed by atoms with Gasteiger partial charge in [0.25, 0.3) is 0 Å². The summed E-state index contributed by atoms with van der Waals surface area (Å²) in [6.07, 6.45) is 0.941. The molecule has 0 aromatic heterocycles. The highest BCUT2D eigenvalue weighted by Gasteiger charge is 2.43. The first-order chi connectivity index (χ1) is 4.68. The molecule has 0 aromatic rings. The van der Waals surface area contributed by atoms with Crippen LogP contribution in [-0.2, 0) is 4.74 Å². The third-order valence-electron chi connectivity index (χ3n) is 1.80. The van der Waals surface area contributed by atoms with E-state index in [0.717, 1.165) is 12.8 Å². The second-order valence-corrected chi connectivity index (χ2v) is 2.55. The van der Waals surface area contributed by atoms with Crippen LogP contribution in [0.2, 0.25) is 0 Å². The van der Waals surface area contributed by atoms with Crippen LogP contribution in [0, 0.1) is 0 Å². The predicted octanol–water partition coefficient (Wildman–Crippen LogP) is 0.433. The lowest BCUT2D eigenvalue weighted by molar-refractivity contribution is 0.0789. The summed E-state index contributed by atoms with van der Waals surface area (Å²) < 4.78 is 5.07. The van der Waals surface area contributed by atoms with Gasteiger partial charge in [0.1, 0.15) is 0 Å². The summed E-state index contributed by atoms with van der Waals surface area (Å²) in [7, 11) is 1.61. The first kappa shape index (κ1) is 7.34. The smallest absolute Gasteiger partial charge is 0.404 e. The van der Waals surface area contributed by atoms with E-state index < -0.39 is 6.09 Å². The van der Waals surface area contributed by atoms with Crippen molar-refractivity contribution in [2.45, 2.75) is 18.4 Å². The molecule has 0 aliphatic heterocycles. The van der Waals surface area contributed by atoms with Crippen molar-refractivity contribution in [3.05, 3.63) is 0 Å². The van der Waals surface area contributed by atoms with E-state index in [9.17, 15) is 4.79 Å². The summed E-state index contributed by atoms with van der Waals surface area (Å²) in [4.78, 5) is 10.0. The van der Waals surface area contributed by atoms with Crippen molar-refractivity contribution in [2.24, 2.45) is 0 Å². The van der Waals surface area contributed by atoms with Crippen LogP contribution in [0.5, 0.6) is 0 Å². The minimum Gasteiger partial charge on any atom is -0.465 e. The highest BCUT2D eigenvalue weighted by Crippen LogP contribution is 2.37. The van der Waals surface area contributed by atoms with Gasteiger partial charge < -0.3 is 15.2 Å². The van der Waals surface area contributed by atoms with E-state index in [-0.39, 0.29) is 5.60 Å². The third-order valence-corrected chi connectivity index (χ3v) is 1.80. The topological polar surface area (TPSA) is 58.6 Å². The van der Waals surface area contributed by atoms with Crippen LogP contribution in [0.1, 0.15) is 12.8 Å². The Bertz CT molecular complexity index is 142. The fourth-order valence-corrected chi connectivity index (χ4v) is 0.829. The van der Waals surface area contributed by atoms with Crippen LogP contribution in [0.15, 0.2) is 0 Å². The molecule has 4 nitrogen and oxygen atoms in total. The Labute approximate surface area is 59.2 Å². The van der Waals surface area contributed by atoms with Crippen LogP contribution >= 0.6 is 0 Å². The zero-order valence-corrected chi connectivity index (χ0v) is 5.89. The van der Waals surface area contributed by atoms with Crippen molar-refractivity contribution >= 4 is 6.09 Å². The molecule has 1 fully saturated rings. The molecule has 0 aromatic carbocycles. The fourth-order valence-electron chi connectivity index (χ4n) is 0.829. The molecule has 0 spiro atoms. The highest BCUT2D eigenvalue weighted by molar-refractivity contribution is 5.64. The summed E-state index contributed by atoms with van der Waals surface area (Å²) in [6.45, 7) is 0.416. The molecule has 1 rings (SSSR count). The maximum atomic E-state index is 10.0. The van der Waals surface area contributed by atoms with E-state index in [0.29, 0.717) is 6.54 Å². The second-order valence-electron chi connectivity index (χ2n) is 2.55. The monoisotopic (exact) mass is 145 g/mol. The van der Waals surface area contributed by atoms with Gasteiger partial charge in [-0.2, -0.15) is 0 Å². The van der Waals surface area contributed by atoms with E-state index in [1.807, 2.05) is 0 Å².